The number of hydrogen-bond acceptors (Lipinski definition) is 10. The Morgan fingerprint density at radius 3 is 2.51 bits per heavy atom. The first-order valence-electron chi connectivity index (χ1n) is 14.9. The highest BCUT2D eigenvalue weighted by Crippen LogP contribution is 2.47. The minimum Gasteiger partial charge on any atom is -0.462 e. The van der Waals surface area contributed by atoms with Crippen LogP contribution in [-0.2, 0) is 35.7 Å². The van der Waals surface area contributed by atoms with E-state index in [2.05, 4.69) is 10.1 Å². The lowest BCUT2D eigenvalue weighted by molar-refractivity contribution is -0.149. The van der Waals surface area contributed by atoms with Gasteiger partial charge in [0.1, 0.15) is 36.3 Å². The van der Waals surface area contributed by atoms with E-state index in [9.17, 15) is 14.5 Å². The number of unbranched alkanes of at least 4 members (excludes halogenated alkanes) is 1. The maximum absolute atomic E-state index is 14.4. The average Bonchev–Trinajstić information content (AvgIpc) is 3.40. The van der Waals surface area contributed by atoms with Crippen molar-refractivity contribution in [2.45, 2.75) is 78.4 Å². The number of para-hydroxylation sites is 1. The largest absolute Gasteiger partial charge is 0.462 e. The van der Waals surface area contributed by atoms with Crippen LogP contribution < -0.4 is 15.3 Å². The van der Waals surface area contributed by atoms with Gasteiger partial charge in [0.25, 0.3) is 0 Å². The fraction of sp³-hybridized carbons (Fsp3) is 0.452. The molecule has 14 heteroatoms. The van der Waals surface area contributed by atoms with Crippen LogP contribution in [0.3, 0.4) is 0 Å². The average molecular weight is 662 g/mol. The number of carbonyl (C=O) groups is 1. The van der Waals surface area contributed by atoms with Crippen LogP contribution in [0, 0.1) is 0 Å². The molecule has 2 aromatic heterocycles. The molecule has 0 saturated heterocycles. The first-order valence-corrected chi connectivity index (χ1v) is 16.9. The molecule has 0 saturated carbocycles. The van der Waals surface area contributed by atoms with E-state index in [4.69, 9.17) is 40.8 Å². The van der Waals surface area contributed by atoms with Gasteiger partial charge in [0.2, 0.25) is 0 Å². The maximum Gasteiger partial charge on any atom is 0.459 e. The third kappa shape index (κ3) is 8.32. The molecule has 0 spiro atoms. The van der Waals surface area contributed by atoms with Gasteiger partial charge in [-0.3, -0.25) is 13.9 Å². The van der Waals surface area contributed by atoms with Crippen LogP contribution in [0.4, 0.5) is 5.82 Å². The molecule has 0 bridgehead atoms. The first-order chi connectivity index (χ1) is 21.4. The number of esters is 1. The maximum atomic E-state index is 14.4. The van der Waals surface area contributed by atoms with Crippen molar-refractivity contribution >= 4 is 53.1 Å². The Hall–Kier alpha value is -3.25. The summed E-state index contributed by atoms with van der Waals surface area (Å²) in [5.74, 6) is 0.0968. The number of anilines is 1. The van der Waals surface area contributed by atoms with Gasteiger partial charge in [-0.2, -0.15) is 5.09 Å². The normalized spacial score (nSPS) is 15.2. The number of aliphatic hydroxyl groups is 1. The lowest BCUT2D eigenvalue weighted by Crippen LogP contribution is -2.41. The van der Waals surface area contributed by atoms with E-state index in [1.165, 1.54) is 19.1 Å². The first kappa shape index (κ1) is 34.6. The molecule has 3 atom stereocenters. The minimum atomic E-state index is -4.35. The summed E-state index contributed by atoms with van der Waals surface area (Å²) in [6.45, 7) is 8.69. The van der Waals surface area contributed by atoms with Crippen LogP contribution in [0.2, 0.25) is 5.02 Å². The third-order valence-corrected chi connectivity index (χ3v) is 8.81. The molecular weight excluding hydrogens is 621 g/mol. The summed E-state index contributed by atoms with van der Waals surface area (Å²) < 4.78 is 38.9. The number of fused-ring (bicyclic) bond motifs is 3. The van der Waals surface area contributed by atoms with Crippen molar-refractivity contribution in [3.63, 3.8) is 0 Å². The molecular formula is C31H41ClN5O7P. The molecule has 0 radical (unpaired) electrons. The summed E-state index contributed by atoms with van der Waals surface area (Å²) in [6.07, 6.45) is 1.12. The van der Waals surface area contributed by atoms with Crippen molar-refractivity contribution in [2.75, 3.05) is 18.9 Å². The monoisotopic (exact) mass is 661 g/mol. The number of benzene rings is 2. The lowest BCUT2D eigenvalue weighted by Gasteiger charge is -2.33. The molecule has 244 valence electrons. The Morgan fingerprint density at radius 2 is 1.84 bits per heavy atom. The van der Waals surface area contributed by atoms with E-state index in [1.807, 2.05) is 38.1 Å². The molecule has 0 amide bonds. The molecule has 2 heterocycles. The fourth-order valence-corrected chi connectivity index (χ4v) is 6.49. The number of carbonyl (C=O) groups excluding carboxylic acids is 1. The highest BCUT2D eigenvalue weighted by atomic mass is 35.5. The molecule has 2 unspecified atom stereocenters. The van der Waals surface area contributed by atoms with Crippen LogP contribution in [0.1, 0.15) is 59.7 Å². The van der Waals surface area contributed by atoms with E-state index in [0.29, 0.717) is 45.8 Å². The third-order valence-electron chi connectivity index (χ3n) is 6.93. The van der Waals surface area contributed by atoms with E-state index in [1.54, 1.807) is 30.5 Å². The zero-order chi connectivity index (χ0) is 32.8. The molecule has 0 fully saturated rings. The number of aromatic nitrogens is 3. The van der Waals surface area contributed by atoms with Gasteiger partial charge < -0.3 is 24.8 Å². The molecule has 45 heavy (non-hydrogen) atoms. The van der Waals surface area contributed by atoms with E-state index >= 15 is 0 Å². The lowest BCUT2D eigenvalue weighted by atomic mass is 10.1. The number of ether oxygens (including phenoxy) is 2. The molecule has 12 nitrogen and oxygen atoms in total. The molecule has 0 aliphatic carbocycles. The van der Waals surface area contributed by atoms with Gasteiger partial charge in [-0.05, 0) is 70.9 Å². The highest BCUT2D eigenvalue weighted by molar-refractivity contribution is 7.52. The molecule has 2 aromatic carbocycles. The summed E-state index contributed by atoms with van der Waals surface area (Å²) in [5, 5.41) is 16.4. The standard InChI is InChI=1S/C31H41ClN5O7P/c1-6-8-17-31(39,37-26(18-41-7-2)35-27-28(37)24-11-9-10-12-25(24)34-29(27)33)19-42-45(40,36-21(5)30(38)43-20(3)4)44-23-15-13-22(32)14-16-23/h9-16,20-21,39H,6-8,17-19H2,1-5H3,(H2,33,34)(H,36,40)/t21-,31?,45?/m0/s1. The second-order valence-electron chi connectivity index (χ2n) is 11.0. The van der Waals surface area contributed by atoms with E-state index in [-0.39, 0.29) is 24.6 Å². The van der Waals surface area contributed by atoms with E-state index < -0.39 is 38.2 Å². The van der Waals surface area contributed by atoms with Crippen LogP contribution >= 0.6 is 19.3 Å². The van der Waals surface area contributed by atoms with Gasteiger partial charge in [0.15, 0.2) is 11.5 Å². The summed E-state index contributed by atoms with van der Waals surface area (Å²) in [6, 6.07) is 12.5. The van der Waals surface area contributed by atoms with Crippen molar-refractivity contribution in [3.8, 4) is 5.75 Å². The van der Waals surface area contributed by atoms with Crippen molar-refractivity contribution in [1.82, 2.24) is 19.6 Å². The fourth-order valence-electron chi connectivity index (χ4n) is 4.83. The summed E-state index contributed by atoms with van der Waals surface area (Å²) in [5.41, 5.74) is 6.09. The zero-order valence-corrected chi connectivity index (χ0v) is 27.8. The number of nitrogens with two attached hydrogens (primary N) is 1. The number of pyridine rings is 1. The predicted molar refractivity (Wildman–Crippen MR) is 174 cm³/mol. The minimum absolute atomic E-state index is 0.0582. The second-order valence-corrected chi connectivity index (χ2v) is 13.1. The van der Waals surface area contributed by atoms with Crippen molar-refractivity contribution < 1.29 is 33.0 Å². The number of nitrogens with zero attached hydrogens (tertiary/aromatic N) is 3. The zero-order valence-electron chi connectivity index (χ0n) is 26.2. The van der Waals surface area contributed by atoms with Crippen molar-refractivity contribution in [3.05, 3.63) is 59.4 Å². The van der Waals surface area contributed by atoms with Crippen LogP contribution in [0.25, 0.3) is 21.9 Å². The van der Waals surface area contributed by atoms with Crippen molar-refractivity contribution in [2.24, 2.45) is 0 Å². The smallest absolute Gasteiger partial charge is 0.459 e. The molecule has 4 rings (SSSR count). The summed E-state index contributed by atoms with van der Waals surface area (Å²) in [4.78, 5) is 21.9. The Balaban J connectivity index is 1.81. The Labute approximate surface area is 267 Å². The van der Waals surface area contributed by atoms with Crippen LogP contribution in [0.5, 0.6) is 5.75 Å². The van der Waals surface area contributed by atoms with Crippen LogP contribution in [0.15, 0.2) is 48.5 Å². The number of rotatable bonds is 16. The summed E-state index contributed by atoms with van der Waals surface area (Å²) >= 11 is 6.04. The second kappa shape index (κ2) is 14.9. The Bertz CT molecular complexity index is 1670. The number of hydrogen-bond donors (Lipinski definition) is 3. The molecule has 4 N–H and O–H groups in total. The number of halogens is 1. The summed E-state index contributed by atoms with van der Waals surface area (Å²) in [7, 11) is -4.35. The molecule has 4 aromatic rings. The Morgan fingerprint density at radius 1 is 1.13 bits per heavy atom. The van der Waals surface area contributed by atoms with Gasteiger partial charge in [-0.25, -0.2) is 14.5 Å². The van der Waals surface area contributed by atoms with Gasteiger partial charge in [0.05, 0.1) is 17.1 Å². The predicted octanol–water partition coefficient (Wildman–Crippen LogP) is 6.33. The Kier molecular flexibility index (Phi) is 11.5. The van der Waals surface area contributed by atoms with Crippen LogP contribution in [-0.4, -0.2) is 51.0 Å². The number of imidazole rings is 1. The number of nitrogens with one attached hydrogen (secondary N) is 1. The van der Waals surface area contributed by atoms with Gasteiger partial charge >= 0.3 is 13.7 Å². The van der Waals surface area contributed by atoms with Gasteiger partial charge in [-0.15, -0.1) is 0 Å². The topological polar surface area (TPSA) is 160 Å². The molecule has 0 aliphatic heterocycles. The quantitative estimate of drug-likeness (QED) is 0.0910. The van der Waals surface area contributed by atoms with Crippen molar-refractivity contribution in [1.29, 1.82) is 0 Å². The highest BCUT2D eigenvalue weighted by Gasteiger charge is 2.40. The van der Waals surface area contributed by atoms with E-state index in [0.717, 1.165) is 6.42 Å². The molecule has 0 aliphatic rings. The SMILES string of the molecule is CCCCC(O)(COP(=O)(N[C@@H](C)C(=O)OC(C)C)Oc1ccc(Cl)cc1)n1c(COCC)nc2c(N)nc3ccccc3c21. The van der Waals surface area contributed by atoms with Gasteiger partial charge in [0, 0.05) is 17.0 Å². The van der Waals surface area contributed by atoms with Gasteiger partial charge in [-0.1, -0.05) is 43.1 Å². The number of nitrogen functional groups attached to an aromatic ring is 1.